The molecule has 0 fully saturated rings. The van der Waals surface area contributed by atoms with Crippen LogP contribution in [0.5, 0.6) is 0 Å². The molecule has 6 nitrogen and oxygen atoms in total. The molecular formula is C19H21F3N4O2. The molecule has 0 radical (unpaired) electrons. The van der Waals surface area contributed by atoms with Gasteiger partial charge in [-0.3, -0.25) is 14.5 Å². The lowest BCUT2D eigenvalue weighted by atomic mass is 10.1. The van der Waals surface area contributed by atoms with Crippen molar-refractivity contribution < 1.29 is 22.8 Å². The number of rotatable bonds is 6. The fourth-order valence-corrected chi connectivity index (χ4v) is 2.43. The SMILES string of the molecule is Cc1ccnc(NC(=O)CN(C)C(C)C(=O)Nc2ccccc2C(F)(F)F)c1. The van der Waals surface area contributed by atoms with Gasteiger partial charge in [-0.05, 0) is 50.7 Å². The van der Waals surface area contributed by atoms with Crippen molar-refractivity contribution in [3.63, 3.8) is 0 Å². The lowest BCUT2D eigenvalue weighted by Gasteiger charge is -2.24. The number of nitrogens with zero attached hydrogens (tertiary/aromatic N) is 2. The van der Waals surface area contributed by atoms with Crippen LogP contribution in [0.2, 0.25) is 0 Å². The van der Waals surface area contributed by atoms with Crippen LogP contribution in [0.15, 0.2) is 42.6 Å². The summed E-state index contributed by atoms with van der Waals surface area (Å²) in [6.45, 7) is 3.23. The van der Waals surface area contributed by atoms with Crippen molar-refractivity contribution in [2.45, 2.75) is 26.1 Å². The Morgan fingerprint density at radius 3 is 2.50 bits per heavy atom. The predicted molar refractivity (Wildman–Crippen MR) is 99.8 cm³/mol. The Morgan fingerprint density at radius 2 is 1.86 bits per heavy atom. The molecule has 2 amide bonds. The number of amides is 2. The molecule has 28 heavy (non-hydrogen) atoms. The van der Waals surface area contributed by atoms with Crippen LogP contribution in [-0.2, 0) is 15.8 Å². The third kappa shape index (κ3) is 5.78. The topological polar surface area (TPSA) is 74.3 Å². The number of hydrogen-bond acceptors (Lipinski definition) is 4. The molecule has 1 heterocycles. The zero-order valence-corrected chi connectivity index (χ0v) is 15.7. The van der Waals surface area contributed by atoms with Gasteiger partial charge in [-0.1, -0.05) is 12.1 Å². The van der Waals surface area contributed by atoms with Gasteiger partial charge in [0.05, 0.1) is 23.8 Å². The smallest absolute Gasteiger partial charge is 0.324 e. The highest BCUT2D eigenvalue weighted by molar-refractivity contribution is 5.96. The summed E-state index contributed by atoms with van der Waals surface area (Å²) in [5.74, 6) is -0.661. The molecule has 0 aliphatic rings. The number of alkyl halides is 3. The Labute approximate surface area is 160 Å². The maximum absolute atomic E-state index is 13.0. The van der Waals surface area contributed by atoms with Gasteiger partial charge in [0.25, 0.3) is 0 Å². The third-order valence-corrected chi connectivity index (χ3v) is 4.11. The Balaban J connectivity index is 1.98. The van der Waals surface area contributed by atoms with Crippen LogP contribution in [0.3, 0.4) is 0 Å². The molecule has 0 spiro atoms. The van der Waals surface area contributed by atoms with E-state index in [1.165, 1.54) is 37.1 Å². The summed E-state index contributed by atoms with van der Waals surface area (Å²) in [6, 6.07) is 7.38. The monoisotopic (exact) mass is 394 g/mol. The Kier molecular flexibility index (Phi) is 6.74. The number of para-hydroxylation sites is 1. The number of halogens is 3. The quantitative estimate of drug-likeness (QED) is 0.788. The molecule has 0 bridgehead atoms. The first-order valence-corrected chi connectivity index (χ1v) is 8.47. The highest BCUT2D eigenvalue weighted by Gasteiger charge is 2.34. The number of aryl methyl sites for hydroxylation is 1. The third-order valence-electron chi connectivity index (χ3n) is 4.11. The van der Waals surface area contributed by atoms with Gasteiger partial charge in [0.15, 0.2) is 0 Å². The summed E-state index contributed by atoms with van der Waals surface area (Å²) >= 11 is 0. The number of likely N-dealkylation sites (N-methyl/N-ethyl adjacent to an activating group) is 1. The van der Waals surface area contributed by atoms with Gasteiger partial charge >= 0.3 is 6.18 Å². The first-order valence-electron chi connectivity index (χ1n) is 8.47. The fraction of sp³-hybridized carbons (Fsp3) is 0.316. The van der Waals surface area contributed by atoms with Crippen LogP contribution in [0.25, 0.3) is 0 Å². The van der Waals surface area contributed by atoms with Crippen LogP contribution in [-0.4, -0.2) is 41.3 Å². The van der Waals surface area contributed by atoms with E-state index in [-0.39, 0.29) is 12.2 Å². The minimum Gasteiger partial charge on any atom is -0.324 e. The second-order valence-corrected chi connectivity index (χ2v) is 6.39. The van der Waals surface area contributed by atoms with Gasteiger partial charge in [-0.25, -0.2) is 4.98 Å². The van der Waals surface area contributed by atoms with Crippen molar-refractivity contribution in [3.05, 3.63) is 53.7 Å². The molecule has 2 rings (SSSR count). The molecular weight excluding hydrogens is 373 g/mol. The number of carbonyl (C=O) groups is 2. The highest BCUT2D eigenvalue weighted by Crippen LogP contribution is 2.34. The van der Waals surface area contributed by atoms with Crippen LogP contribution < -0.4 is 10.6 Å². The number of carbonyl (C=O) groups excluding carboxylic acids is 2. The molecule has 2 aromatic rings. The zero-order valence-electron chi connectivity index (χ0n) is 15.7. The Bertz CT molecular complexity index is 855. The second kappa shape index (κ2) is 8.83. The van der Waals surface area contributed by atoms with E-state index in [0.29, 0.717) is 5.82 Å². The Morgan fingerprint density at radius 1 is 1.18 bits per heavy atom. The van der Waals surface area contributed by atoms with Gasteiger partial charge in [0.2, 0.25) is 11.8 Å². The van der Waals surface area contributed by atoms with E-state index in [9.17, 15) is 22.8 Å². The first-order chi connectivity index (χ1) is 13.1. The van der Waals surface area contributed by atoms with Crippen molar-refractivity contribution >= 4 is 23.3 Å². The average Bonchev–Trinajstić information content (AvgIpc) is 2.60. The van der Waals surface area contributed by atoms with E-state index in [4.69, 9.17) is 0 Å². The molecule has 2 N–H and O–H groups in total. The van der Waals surface area contributed by atoms with Gasteiger partial charge < -0.3 is 10.6 Å². The summed E-state index contributed by atoms with van der Waals surface area (Å²) < 4.78 is 39.1. The largest absolute Gasteiger partial charge is 0.418 e. The maximum atomic E-state index is 13.0. The van der Waals surface area contributed by atoms with Crippen molar-refractivity contribution in [3.8, 4) is 0 Å². The summed E-state index contributed by atoms with van der Waals surface area (Å²) in [7, 11) is 1.53. The number of aromatic nitrogens is 1. The predicted octanol–water partition coefficient (Wildman–Crippen LogP) is 3.31. The summed E-state index contributed by atoms with van der Waals surface area (Å²) in [4.78, 5) is 29.9. The summed E-state index contributed by atoms with van der Waals surface area (Å²) in [5, 5.41) is 4.90. The van der Waals surface area contributed by atoms with E-state index in [1.54, 1.807) is 18.3 Å². The molecule has 0 aliphatic heterocycles. The standard InChI is InChI=1S/C19H21F3N4O2/c1-12-8-9-23-16(10-12)25-17(27)11-26(3)13(2)18(28)24-15-7-5-4-6-14(15)19(20,21)22/h4-10,13H,11H2,1-3H3,(H,24,28)(H,23,25,27). The van der Waals surface area contributed by atoms with E-state index in [1.807, 2.05) is 6.92 Å². The number of anilines is 2. The molecule has 1 aromatic heterocycles. The fourth-order valence-electron chi connectivity index (χ4n) is 2.43. The number of pyridine rings is 1. The van der Waals surface area contributed by atoms with Crippen molar-refractivity contribution in [2.75, 3.05) is 24.2 Å². The molecule has 1 unspecified atom stereocenters. The van der Waals surface area contributed by atoms with E-state index in [0.717, 1.165) is 11.6 Å². The van der Waals surface area contributed by atoms with Crippen LogP contribution in [0, 0.1) is 6.92 Å². The van der Waals surface area contributed by atoms with Gasteiger partial charge in [-0.15, -0.1) is 0 Å². The normalized spacial score (nSPS) is 12.5. The van der Waals surface area contributed by atoms with Crippen molar-refractivity contribution in [1.82, 2.24) is 9.88 Å². The first kappa shape index (κ1) is 21.4. The molecule has 0 aliphatic carbocycles. The van der Waals surface area contributed by atoms with Crippen LogP contribution in [0.4, 0.5) is 24.7 Å². The van der Waals surface area contributed by atoms with E-state index >= 15 is 0 Å². The zero-order chi connectivity index (χ0) is 20.9. The Hall–Kier alpha value is -2.94. The molecule has 1 aromatic carbocycles. The molecule has 1 atom stereocenters. The number of hydrogen-bond donors (Lipinski definition) is 2. The molecule has 0 saturated carbocycles. The lowest BCUT2D eigenvalue weighted by molar-refractivity contribution is -0.137. The van der Waals surface area contributed by atoms with Gasteiger partial charge in [0.1, 0.15) is 5.82 Å². The lowest BCUT2D eigenvalue weighted by Crippen LogP contribution is -2.43. The molecule has 9 heteroatoms. The van der Waals surface area contributed by atoms with E-state index < -0.39 is 29.6 Å². The second-order valence-electron chi connectivity index (χ2n) is 6.39. The van der Waals surface area contributed by atoms with Crippen molar-refractivity contribution in [2.24, 2.45) is 0 Å². The van der Waals surface area contributed by atoms with Gasteiger partial charge in [0, 0.05) is 6.20 Å². The van der Waals surface area contributed by atoms with Gasteiger partial charge in [-0.2, -0.15) is 13.2 Å². The summed E-state index contributed by atoms with van der Waals surface area (Å²) in [6.07, 6.45) is -3.03. The summed E-state index contributed by atoms with van der Waals surface area (Å²) in [5.41, 5.74) is -0.329. The van der Waals surface area contributed by atoms with Crippen molar-refractivity contribution in [1.29, 1.82) is 0 Å². The van der Waals surface area contributed by atoms with Crippen LogP contribution in [0.1, 0.15) is 18.1 Å². The maximum Gasteiger partial charge on any atom is 0.418 e. The van der Waals surface area contributed by atoms with Crippen LogP contribution >= 0.6 is 0 Å². The average molecular weight is 394 g/mol. The minimum atomic E-state index is -4.58. The number of nitrogens with one attached hydrogen (secondary N) is 2. The molecule has 150 valence electrons. The highest BCUT2D eigenvalue weighted by atomic mass is 19.4. The minimum absolute atomic E-state index is 0.134. The number of benzene rings is 1. The van der Waals surface area contributed by atoms with E-state index in [2.05, 4.69) is 15.6 Å². The molecule has 0 saturated heterocycles.